The van der Waals surface area contributed by atoms with Crippen molar-refractivity contribution in [1.29, 1.82) is 5.26 Å². The maximum Gasteiger partial charge on any atom is 0.162 e. The summed E-state index contributed by atoms with van der Waals surface area (Å²) >= 11 is 0. The molecule has 0 bridgehead atoms. The molecule has 24 heavy (non-hydrogen) atoms. The smallest absolute Gasteiger partial charge is 0.162 e. The topological polar surface area (TPSA) is 57.5 Å². The van der Waals surface area contributed by atoms with Crippen LogP contribution in [0.25, 0.3) is 0 Å². The molecule has 3 rings (SSSR count). The molecule has 0 radical (unpaired) electrons. The van der Waals surface area contributed by atoms with Crippen LogP contribution in [-0.2, 0) is 0 Å². The fourth-order valence-corrected chi connectivity index (χ4v) is 4.05. The Morgan fingerprint density at radius 2 is 1.88 bits per heavy atom. The molecule has 2 aliphatic rings. The van der Waals surface area contributed by atoms with Crippen LogP contribution in [0, 0.1) is 17.2 Å². The van der Waals surface area contributed by atoms with Gasteiger partial charge in [0.15, 0.2) is 11.5 Å². The van der Waals surface area contributed by atoms with Crippen LogP contribution in [0.2, 0.25) is 0 Å². The number of nitriles is 1. The van der Waals surface area contributed by atoms with E-state index in [0.29, 0.717) is 0 Å². The first-order valence-corrected chi connectivity index (χ1v) is 8.79. The van der Waals surface area contributed by atoms with E-state index < -0.39 is 0 Å². The maximum atomic E-state index is 9.26. The van der Waals surface area contributed by atoms with Crippen molar-refractivity contribution in [1.82, 2.24) is 0 Å². The zero-order valence-electron chi connectivity index (χ0n) is 14.9. The average molecular weight is 329 g/mol. The van der Waals surface area contributed by atoms with Crippen LogP contribution in [-0.4, -0.2) is 32.8 Å². The van der Waals surface area contributed by atoms with Gasteiger partial charge in [-0.3, -0.25) is 0 Å². The first kappa shape index (κ1) is 16.8. The van der Waals surface area contributed by atoms with Gasteiger partial charge < -0.3 is 19.7 Å². The molecule has 1 N–H and O–H groups in total. The molecule has 1 fully saturated rings. The molecule has 1 aliphatic heterocycles. The molecule has 1 spiro atoms. The van der Waals surface area contributed by atoms with Crippen molar-refractivity contribution in [2.45, 2.75) is 44.6 Å². The van der Waals surface area contributed by atoms with Crippen molar-refractivity contribution in [3.05, 3.63) is 12.1 Å². The van der Waals surface area contributed by atoms with Gasteiger partial charge in [0, 0.05) is 25.2 Å². The van der Waals surface area contributed by atoms with Gasteiger partial charge in [0.25, 0.3) is 0 Å². The Kier molecular flexibility index (Phi) is 4.75. The molecule has 1 aromatic carbocycles. The number of rotatable bonds is 4. The standard InChI is InChI=1S/C19H27N3O2/c1-14(11-20)12-22-13-19(7-5-4-6-8-19)21-15-9-17(23-2)18(24-3)10-16(15)22/h9-10,14,21H,4-8,12-13H2,1-3H3. The van der Waals surface area contributed by atoms with Gasteiger partial charge in [0.2, 0.25) is 0 Å². The van der Waals surface area contributed by atoms with Crippen LogP contribution in [0.3, 0.4) is 0 Å². The van der Waals surface area contributed by atoms with E-state index in [1.54, 1.807) is 14.2 Å². The summed E-state index contributed by atoms with van der Waals surface area (Å²) in [6, 6.07) is 6.43. The monoisotopic (exact) mass is 329 g/mol. The number of nitrogens with one attached hydrogen (secondary N) is 1. The minimum atomic E-state index is -0.00955. The third-order valence-electron chi connectivity index (χ3n) is 5.26. The molecule has 1 unspecified atom stereocenters. The third-order valence-corrected chi connectivity index (χ3v) is 5.26. The van der Waals surface area contributed by atoms with E-state index in [4.69, 9.17) is 9.47 Å². The number of anilines is 2. The largest absolute Gasteiger partial charge is 0.493 e. The summed E-state index contributed by atoms with van der Waals surface area (Å²) in [4.78, 5) is 2.35. The Morgan fingerprint density at radius 1 is 1.21 bits per heavy atom. The second-order valence-electron chi connectivity index (χ2n) is 7.10. The molecule has 5 nitrogen and oxygen atoms in total. The molecule has 0 amide bonds. The van der Waals surface area contributed by atoms with E-state index in [2.05, 4.69) is 16.3 Å². The first-order valence-electron chi connectivity index (χ1n) is 8.79. The Bertz CT molecular complexity index is 632. The summed E-state index contributed by atoms with van der Waals surface area (Å²) < 4.78 is 11.0. The maximum absolute atomic E-state index is 9.26. The second kappa shape index (κ2) is 6.80. The molecule has 130 valence electrons. The third kappa shape index (κ3) is 3.10. The fourth-order valence-electron chi connectivity index (χ4n) is 4.05. The van der Waals surface area contributed by atoms with Gasteiger partial charge in [0.05, 0.1) is 43.1 Å². The summed E-state index contributed by atoms with van der Waals surface area (Å²) in [6.45, 7) is 3.67. The van der Waals surface area contributed by atoms with E-state index in [1.165, 1.54) is 32.1 Å². The van der Waals surface area contributed by atoms with Crippen LogP contribution < -0.4 is 19.7 Å². The summed E-state index contributed by atoms with van der Waals surface area (Å²) in [5, 5.41) is 13.1. The van der Waals surface area contributed by atoms with Gasteiger partial charge in [0.1, 0.15) is 0 Å². The number of ether oxygens (including phenoxy) is 2. The number of benzene rings is 1. The molecule has 1 aliphatic carbocycles. The van der Waals surface area contributed by atoms with Crippen molar-refractivity contribution in [2.24, 2.45) is 5.92 Å². The molecule has 1 atom stereocenters. The van der Waals surface area contributed by atoms with Gasteiger partial charge >= 0.3 is 0 Å². The molecular formula is C19H27N3O2. The Hall–Kier alpha value is -2.09. The average Bonchev–Trinajstić information content (AvgIpc) is 2.61. The molecule has 1 saturated carbocycles. The number of methoxy groups -OCH3 is 2. The van der Waals surface area contributed by atoms with E-state index >= 15 is 0 Å². The zero-order chi connectivity index (χ0) is 17.2. The fraction of sp³-hybridized carbons (Fsp3) is 0.632. The van der Waals surface area contributed by atoms with Gasteiger partial charge in [-0.2, -0.15) is 5.26 Å². The zero-order valence-corrected chi connectivity index (χ0v) is 14.9. The highest BCUT2D eigenvalue weighted by molar-refractivity contribution is 5.78. The molecule has 1 aromatic rings. The highest BCUT2D eigenvalue weighted by atomic mass is 16.5. The van der Waals surface area contributed by atoms with Gasteiger partial charge in [-0.05, 0) is 19.8 Å². The lowest BCUT2D eigenvalue weighted by molar-refractivity contribution is 0.315. The van der Waals surface area contributed by atoms with Gasteiger partial charge in [-0.15, -0.1) is 0 Å². The molecule has 0 saturated heterocycles. The lowest BCUT2D eigenvalue weighted by Gasteiger charge is -2.48. The number of hydrogen-bond donors (Lipinski definition) is 1. The summed E-state index contributed by atoms with van der Waals surface area (Å²) in [5.41, 5.74) is 2.30. The highest BCUT2D eigenvalue weighted by Gasteiger charge is 2.39. The Morgan fingerprint density at radius 3 is 2.50 bits per heavy atom. The Labute approximate surface area is 144 Å². The summed E-state index contributed by atoms with van der Waals surface area (Å²) in [7, 11) is 3.32. The number of nitrogens with zero attached hydrogens (tertiary/aromatic N) is 2. The second-order valence-corrected chi connectivity index (χ2v) is 7.10. The van der Waals surface area contributed by atoms with Crippen LogP contribution in [0.1, 0.15) is 39.0 Å². The lowest BCUT2D eigenvalue weighted by Crippen LogP contribution is -2.54. The molecule has 0 aromatic heterocycles. The minimum Gasteiger partial charge on any atom is -0.493 e. The Balaban J connectivity index is 2.01. The summed E-state index contributed by atoms with van der Waals surface area (Å²) in [6.07, 6.45) is 6.20. The SMILES string of the molecule is COc1cc2c(cc1OC)N(CC(C)C#N)CC1(CCCCC1)N2. The van der Waals surface area contributed by atoms with Crippen LogP contribution >= 0.6 is 0 Å². The molecular weight excluding hydrogens is 302 g/mol. The minimum absolute atomic E-state index is 0.00955. The lowest BCUT2D eigenvalue weighted by atomic mass is 9.79. The van der Waals surface area contributed by atoms with Crippen molar-refractivity contribution in [2.75, 3.05) is 37.5 Å². The van der Waals surface area contributed by atoms with Crippen molar-refractivity contribution < 1.29 is 9.47 Å². The normalized spacial score (nSPS) is 19.8. The highest BCUT2D eigenvalue weighted by Crippen LogP contribution is 2.45. The summed E-state index contributed by atoms with van der Waals surface area (Å²) in [5.74, 6) is 1.46. The quantitative estimate of drug-likeness (QED) is 0.910. The first-order chi connectivity index (χ1) is 11.6. The van der Waals surface area contributed by atoms with Crippen LogP contribution in [0.5, 0.6) is 11.5 Å². The number of hydrogen-bond acceptors (Lipinski definition) is 5. The van der Waals surface area contributed by atoms with E-state index in [0.717, 1.165) is 36.0 Å². The number of fused-ring (bicyclic) bond motifs is 1. The van der Waals surface area contributed by atoms with Gasteiger partial charge in [-0.25, -0.2) is 0 Å². The van der Waals surface area contributed by atoms with E-state index in [1.807, 2.05) is 19.1 Å². The van der Waals surface area contributed by atoms with Crippen LogP contribution in [0.4, 0.5) is 11.4 Å². The predicted molar refractivity (Wildman–Crippen MR) is 96.0 cm³/mol. The van der Waals surface area contributed by atoms with Crippen molar-refractivity contribution in [3.8, 4) is 17.6 Å². The van der Waals surface area contributed by atoms with Crippen molar-refractivity contribution in [3.63, 3.8) is 0 Å². The van der Waals surface area contributed by atoms with Gasteiger partial charge in [-0.1, -0.05) is 19.3 Å². The molecule has 5 heteroatoms. The predicted octanol–water partition coefficient (Wildman–Crippen LogP) is 3.80. The van der Waals surface area contributed by atoms with E-state index in [9.17, 15) is 5.26 Å². The van der Waals surface area contributed by atoms with Crippen LogP contribution in [0.15, 0.2) is 12.1 Å². The van der Waals surface area contributed by atoms with E-state index in [-0.39, 0.29) is 11.5 Å². The van der Waals surface area contributed by atoms with Crippen molar-refractivity contribution >= 4 is 11.4 Å². The molecule has 1 heterocycles.